The summed E-state index contributed by atoms with van der Waals surface area (Å²) in [6.45, 7) is 0. The molecular weight excluding hydrogens is 521 g/mol. The Kier molecular flexibility index (Phi) is 7.12. The van der Waals surface area contributed by atoms with E-state index in [9.17, 15) is 18.0 Å². The molecule has 0 aliphatic carbocycles. The van der Waals surface area contributed by atoms with Crippen LogP contribution in [0.5, 0.6) is 0 Å². The zero-order valence-corrected chi connectivity index (χ0v) is 21.2. The molecule has 0 aliphatic heterocycles. The van der Waals surface area contributed by atoms with Crippen LogP contribution in [-0.4, -0.2) is 31.5 Å². The molecule has 0 atom stereocenters. The number of carbonyl (C=O) groups excluding carboxylic acids is 2. The summed E-state index contributed by atoms with van der Waals surface area (Å²) in [6, 6.07) is 18.8. The molecule has 36 heavy (non-hydrogen) atoms. The molecule has 1 aromatic heterocycles. The normalized spacial score (nSPS) is 11.2. The maximum Gasteiger partial charge on any atom is 0.256 e. The average molecular weight is 540 g/mol. The van der Waals surface area contributed by atoms with E-state index < -0.39 is 21.7 Å². The van der Waals surface area contributed by atoms with Gasteiger partial charge in [-0.15, -0.1) is 0 Å². The van der Waals surface area contributed by atoms with E-state index >= 15 is 0 Å². The third-order valence-electron chi connectivity index (χ3n) is 5.37. The Morgan fingerprint density at radius 2 is 1.64 bits per heavy atom. The van der Waals surface area contributed by atoms with Gasteiger partial charge in [0, 0.05) is 39.9 Å². The summed E-state index contributed by atoms with van der Waals surface area (Å²) in [5.74, 6) is -1.31. The van der Waals surface area contributed by atoms with Gasteiger partial charge in [-0.05, 0) is 71.8 Å². The number of aromatic nitrogens is 1. The first-order valence-electron chi connectivity index (χ1n) is 10.5. The number of sulfone groups is 1. The van der Waals surface area contributed by atoms with Gasteiger partial charge in [-0.3, -0.25) is 14.6 Å². The number of pyridine rings is 1. The van der Waals surface area contributed by atoms with Gasteiger partial charge in [0.25, 0.3) is 5.91 Å². The van der Waals surface area contributed by atoms with E-state index in [-0.39, 0.29) is 32.2 Å². The summed E-state index contributed by atoms with van der Waals surface area (Å²) in [6.07, 6.45) is 2.69. The highest BCUT2D eigenvalue weighted by atomic mass is 35.5. The predicted octanol–water partition coefficient (Wildman–Crippen LogP) is 5.48. The number of halogens is 2. The molecule has 0 spiro atoms. The first-order valence-corrected chi connectivity index (χ1v) is 13.2. The highest BCUT2D eigenvalue weighted by Gasteiger charge is 2.21. The molecule has 0 aliphatic rings. The number of nitrogens with two attached hydrogens (primary N) is 1. The van der Waals surface area contributed by atoms with Gasteiger partial charge in [0.1, 0.15) is 0 Å². The van der Waals surface area contributed by atoms with Gasteiger partial charge < -0.3 is 11.1 Å². The molecule has 4 rings (SSSR count). The van der Waals surface area contributed by atoms with Crippen molar-refractivity contribution in [3.63, 3.8) is 0 Å². The van der Waals surface area contributed by atoms with Crippen LogP contribution in [0.2, 0.25) is 10.0 Å². The fourth-order valence-electron chi connectivity index (χ4n) is 3.65. The van der Waals surface area contributed by atoms with E-state index in [1.165, 1.54) is 36.4 Å². The molecule has 0 saturated carbocycles. The Bertz CT molecular complexity index is 1610. The van der Waals surface area contributed by atoms with Crippen LogP contribution in [0, 0.1) is 0 Å². The summed E-state index contributed by atoms with van der Waals surface area (Å²) >= 11 is 12.4. The monoisotopic (exact) mass is 539 g/mol. The summed E-state index contributed by atoms with van der Waals surface area (Å²) in [4.78, 5) is 29.8. The molecule has 7 nitrogen and oxygen atoms in total. The van der Waals surface area contributed by atoms with Crippen LogP contribution in [0.3, 0.4) is 0 Å². The van der Waals surface area contributed by atoms with Crippen molar-refractivity contribution in [2.24, 2.45) is 5.73 Å². The van der Waals surface area contributed by atoms with E-state index in [2.05, 4.69) is 10.3 Å². The van der Waals surface area contributed by atoms with E-state index in [1.807, 2.05) is 6.07 Å². The van der Waals surface area contributed by atoms with Crippen molar-refractivity contribution in [2.75, 3.05) is 11.6 Å². The number of benzene rings is 3. The number of carbonyl (C=O) groups is 2. The van der Waals surface area contributed by atoms with Crippen LogP contribution < -0.4 is 11.1 Å². The van der Waals surface area contributed by atoms with Crippen molar-refractivity contribution in [1.82, 2.24) is 4.98 Å². The van der Waals surface area contributed by atoms with Gasteiger partial charge >= 0.3 is 0 Å². The van der Waals surface area contributed by atoms with Gasteiger partial charge in [-0.2, -0.15) is 0 Å². The second-order valence-corrected chi connectivity index (χ2v) is 10.8. The highest BCUT2D eigenvalue weighted by Crippen LogP contribution is 2.33. The van der Waals surface area contributed by atoms with Crippen LogP contribution >= 0.6 is 23.2 Å². The fraction of sp³-hybridized carbons (Fsp3) is 0.0385. The second kappa shape index (κ2) is 10.1. The molecule has 0 bridgehead atoms. The topological polar surface area (TPSA) is 119 Å². The third-order valence-corrected chi connectivity index (χ3v) is 7.04. The molecule has 3 aromatic carbocycles. The summed E-state index contributed by atoms with van der Waals surface area (Å²) in [7, 11) is -3.61. The first-order chi connectivity index (χ1) is 17.0. The highest BCUT2D eigenvalue weighted by molar-refractivity contribution is 7.90. The number of nitrogens with one attached hydrogen (secondary N) is 1. The van der Waals surface area contributed by atoms with Crippen molar-refractivity contribution in [2.45, 2.75) is 4.90 Å². The number of nitrogens with zero attached hydrogens (tertiary/aromatic N) is 1. The van der Waals surface area contributed by atoms with Gasteiger partial charge in [0.15, 0.2) is 9.84 Å². The lowest BCUT2D eigenvalue weighted by molar-refractivity contribution is 0.0997. The molecule has 4 aromatic rings. The number of amides is 2. The quantitative estimate of drug-likeness (QED) is 0.336. The van der Waals surface area contributed by atoms with Crippen molar-refractivity contribution < 1.29 is 18.0 Å². The Labute approximate surface area is 217 Å². The van der Waals surface area contributed by atoms with Crippen LogP contribution in [0.4, 0.5) is 5.69 Å². The number of primary amides is 1. The lowest BCUT2D eigenvalue weighted by atomic mass is 9.94. The molecular formula is C26H19Cl2N3O4S. The largest absolute Gasteiger partial charge is 0.366 e. The van der Waals surface area contributed by atoms with Crippen molar-refractivity contribution >= 4 is 50.5 Å². The molecule has 2 amide bonds. The number of hydrogen-bond acceptors (Lipinski definition) is 5. The Balaban J connectivity index is 1.81. The Hall–Kier alpha value is -3.72. The van der Waals surface area contributed by atoms with Gasteiger partial charge in [0.05, 0.1) is 15.6 Å². The minimum Gasteiger partial charge on any atom is -0.366 e. The molecule has 10 heteroatoms. The average Bonchev–Trinajstić information content (AvgIpc) is 2.84. The molecule has 0 fully saturated rings. The van der Waals surface area contributed by atoms with Crippen molar-refractivity contribution in [1.29, 1.82) is 0 Å². The Morgan fingerprint density at radius 1 is 0.861 bits per heavy atom. The standard InChI is InChI=1S/C26H19Cl2N3O4S/c1-36(34,35)17-7-9-19(20(14-17)18-8-5-15(27)12-21(18)25(29)32)26(33)31-16-6-10-23(28)22(13-16)24-4-2-3-11-30-24/h2-14H,1H3,(H2,29,32)(H,31,33). The van der Waals surface area contributed by atoms with E-state index in [0.29, 0.717) is 22.0 Å². The van der Waals surface area contributed by atoms with Gasteiger partial charge in [-0.1, -0.05) is 35.3 Å². The van der Waals surface area contributed by atoms with E-state index in [4.69, 9.17) is 28.9 Å². The number of rotatable bonds is 6. The maximum absolute atomic E-state index is 13.4. The molecule has 182 valence electrons. The summed E-state index contributed by atoms with van der Waals surface area (Å²) in [5.41, 5.74) is 7.89. The predicted molar refractivity (Wildman–Crippen MR) is 141 cm³/mol. The van der Waals surface area contributed by atoms with Gasteiger partial charge in [0.2, 0.25) is 5.91 Å². The molecule has 0 unspecified atom stereocenters. The fourth-order valence-corrected chi connectivity index (χ4v) is 4.68. The maximum atomic E-state index is 13.4. The minimum absolute atomic E-state index is 0.0247. The van der Waals surface area contributed by atoms with Crippen LogP contribution in [0.1, 0.15) is 20.7 Å². The van der Waals surface area contributed by atoms with Crippen LogP contribution in [0.15, 0.2) is 83.9 Å². The number of hydrogen-bond donors (Lipinski definition) is 2. The second-order valence-electron chi connectivity index (χ2n) is 7.90. The first kappa shape index (κ1) is 25.4. The molecule has 1 heterocycles. The lowest BCUT2D eigenvalue weighted by Crippen LogP contribution is -2.16. The SMILES string of the molecule is CS(=O)(=O)c1ccc(C(=O)Nc2ccc(Cl)c(-c3ccccn3)c2)c(-c2ccc(Cl)cc2C(N)=O)c1. The zero-order chi connectivity index (χ0) is 26.0. The van der Waals surface area contributed by atoms with E-state index in [1.54, 1.807) is 36.5 Å². The van der Waals surface area contributed by atoms with Crippen LogP contribution in [-0.2, 0) is 9.84 Å². The molecule has 0 radical (unpaired) electrons. The van der Waals surface area contributed by atoms with Crippen molar-refractivity contribution in [3.8, 4) is 22.4 Å². The lowest BCUT2D eigenvalue weighted by Gasteiger charge is -2.15. The van der Waals surface area contributed by atoms with Gasteiger partial charge in [-0.25, -0.2) is 8.42 Å². The third kappa shape index (κ3) is 5.41. The van der Waals surface area contributed by atoms with Crippen molar-refractivity contribution in [3.05, 3.63) is 100 Å². The summed E-state index contributed by atoms with van der Waals surface area (Å²) in [5, 5.41) is 3.53. The minimum atomic E-state index is -3.61. The zero-order valence-electron chi connectivity index (χ0n) is 18.8. The molecule has 3 N–H and O–H groups in total. The smallest absolute Gasteiger partial charge is 0.256 e. The number of anilines is 1. The molecule has 0 saturated heterocycles. The van der Waals surface area contributed by atoms with Crippen LogP contribution in [0.25, 0.3) is 22.4 Å². The van der Waals surface area contributed by atoms with E-state index in [0.717, 1.165) is 6.26 Å². The summed E-state index contributed by atoms with van der Waals surface area (Å²) < 4.78 is 24.5. The Morgan fingerprint density at radius 3 is 2.31 bits per heavy atom.